The molecule has 0 radical (unpaired) electrons. The zero-order chi connectivity index (χ0) is 19.9. The molecule has 0 aromatic heterocycles. The lowest BCUT2D eigenvalue weighted by molar-refractivity contribution is -0.120. The van der Waals surface area contributed by atoms with Crippen LogP contribution in [0.25, 0.3) is 0 Å². The molecule has 1 aliphatic heterocycles. The number of hydrogen-bond acceptors (Lipinski definition) is 5. The molecule has 0 aliphatic carbocycles. The van der Waals surface area contributed by atoms with Gasteiger partial charge in [-0.2, -0.15) is 0 Å². The van der Waals surface area contributed by atoms with Crippen LogP contribution in [0.15, 0.2) is 48.5 Å². The van der Waals surface area contributed by atoms with E-state index in [1.54, 1.807) is 7.11 Å². The first kappa shape index (κ1) is 20.2. The number of nitrogens with zero attached hydrogens (tertiary/aromatic N) is 2. The van der Waals surface area contributed by atoms with Crippen molar-refractivity contribution in [1.82, 2.24) is 4.90 Å². The summed E-state index contributed by atoms with van der Waals surface area (Å²) in [5, 5.41) is 2.97. The predicted octanol–water partition coefficient (Wildman–Crippen LogP) is 2.99. The number of rotatable bonds is 7. The first-order chi connectivity index (χ1) is 13.6. The smallest absolute Gasteiger partial charge is 0.241 e. The minimum atomic E-state index is -0.274. The van der Waals surface area contributed by atoms with Crippen molar-refractivity contribution in [3.05, 3.63) is 54.1 Å². The third kappa shape index (κ3) is 5.03. The number of carbonyl (C=O) groups is 1. The average Bonchev–Trinajstić information content (AvgIpc) is 2.74. The van der Waals surface area contributed by atoms with Gasteiger partial charge in [-0.15, -0.1) is 0 Å². The van der Waals surface area contributed by atoms with E-state index in [0.717, 1.165) is 37.7 Å². The average molecular weight is 383 g/mol. The molecule has 2 aromatic carbocycles. The lowest BCUT2D eigenvalue weighted by Gasteiger charge is -2.32. The summed E-state index contributed by atoms with van der Waals surface area (Å²) >= 11 is 0. The zero-order valence-corrected chi connectivity index (χ0v) is 16.9. The second kappa shape index (κ2) is 9.57. The van der Waals surface area contributed by atoms with Gasteiger partial charge in [0.1, 0.15) is 5.75 Å². The van der Waals surface area contributed by atoms with Gasteiger partial charge >= 0.3 is 0 Å². The second-order valence-electron chi connectivity index (χ2n) is 7.04. The molecule has 28 heavy (non-hydrogen) atoms. The van der Waals surface area contributed by atoms with Crippen molar-refractivity contribution in [2.75, 3.05) is 50.7 Å². The Morgan fingerprint density at radius 3 is 2.71 bits per heavy atom. The molecule has 1 aliphatic rings. The van der Waals surface area contributed by atoms with Crippen LogP contribution in [0.3, 0.4) is 0 Å². The highest BCUT2D eigenvalue weighted by Crippen LogP contribution is 2.23. The number of morpholine rings is 1. The molecule has 1 unspecified atom stereocenters. The molecule has 0 spiro atoms. The number of para-hydroxylation sites is 1. The molecule has 0 bridgehead atoms. The molecular weight excluding hydrogens is 354 g/mol. The molecule has 1 heterocycles. The predicted molar refractivity (Wildman–Crippen MR) is 112 cm³/mol. The van der Waals surface area contributed by atoms with Crippen molar-refractivity contribution in [3.8, 4) is 5.75 Å². The Kier molecular flexibility index (Phi) is 6.90. The molecule has 1 amide bonds. The molecule has 3 rings (SSSR count). The van der Waals surface area contributed by atoms with Gasteiger partial charge in [-0.05, 0) is 37.7 Å². The first-order valence-corrected chi connectivity index (χ1v) is 9.64. The van der Waals surface area contributed by atoms with E-state index in [-0.39, 0.29) is 11.9 Å². The van der Waals surface area contributed by atoms with Crippen molar-refractivity contribution >= 4 is 17.3 Å². The Hall–Kier alpha value is -2.57. The second-order valence-corrected chi connectivity index (χ2v) is 7.04. The van der Waals surface area contributed by atoms with Gasteiger partial charge < -0.3 is 19.7 Å². The van der Waals surface area contributed by atoms with Crippen LogP contribution >= 0.6 is 0 Å². The number of nitrogens with one attached hydrogen (secondary N) is 1. The van der Waals surface area contributed by atoms with Crippen molar-refractivity contribution in [2.45, 2.75) is 19.5 Å². The molecule has 150 valence electrons. The number of amides is 1. The minimum absolute atomic E-state index is 0.0420. The van der Waals surface area contributed by atoms with E-state index >= 15 is 0 Å². The maximum Gasteiger partial charge on any atom is 0.241 e. The summed E-state index contributed by atoms with van der Waals surface area (Å²) in [6, 6.07) is 15.5. The van der Waals surface area contributed by atoms with Crippen molar-refractivity contribution in [2.24, 2.45) is 0 Å². The van der Waals surface area contributed by atoms with E-state index in [1.807, 2.05) is 44.3 Å². The van der Waals surface area contributed by atoms with E-state index in [9.17, 15) is 4.79 Å². The molecule has 1 fully saturated rings. The molecule has 6 nitrogen and oxygen atoms in total. The van der Waals surface area contributed by atoms with Crippen LogP contribution < -0.4 is 15.0 Å². The summed E-state index contributed by atoms with van der Waals surface area (Å²) in [5.41, 5.74) is 3.17. The molecular formula is C22H29N3O3. The van der Waals surface area contributed by atoms with E-state index < -0.39 is 0 Å². The number of benzene rings is 2. The van der Waals surface area contributed by atoms with Crippen LogP contribution in [0.4, 0.5) is 11.4 Å². The van der Waals surface area contributed by atoms with E-state index in [1.165, 1.54) is 11.3 Å². The van der Waals surface area contributed by atoms with Crippen molar-refractivity contribution in [1.29, 1.82) is 0 Å². The minimum Gasteiger partial charge on any atom is -0.497 e. The first-order valence-electron chi connectivity index (χ1n) is 9.64. The summed E-state index contributed by atoms with van der Waals surface area (Å²) in [6.45, 7) is 5.92. The molecule has 1 saturated heterocycles. The van der Waals surface area contributed by atoms with Crippen LogP contribution in [-0.2, 0) is 16.1 Å². The normalized spacial score (nSPS) is 15.4. The fraction of sp³-hybridized carbons (Fsp3) is 0.409. The standard InChI is InChI=1S/C22H29N3O3/c1-17(22(26)23-19-8-6-9-20(15-19)27-3)24(2)16-18-7-4-5-10-21(18)25-11-13-28-14-12-25/h4-10,15,17H,11-14,16H2,1-3H3,(H,23,26). The van der Waals surface area contributed by atoms with Gasteiger partial charge in [0, 0.05) is 37.1 Å². The van der Waals surface area contributed by atoms with E-state index in [0.29, 0.717) is 6.54 Å². The van der Waals surface area contributed by atoms with Crippen LogP contribution in [0.1, 0.15) is 12.5 Å². The summed E-state index contributed by atoms with van der Waals surface area (Å²) < 4.78 is 10.7. The van der Waals surface area contributed by atoms with Gasteiger partial charge in [-0.3, -0.25) is 9.69 Å². The highest BCUT2D eigenvalue weighted by molar-refractivity contribution is 5.94. The lowest BCUT2D eigenvalue weighted by atomic mass is 10.1. The lowest BCUT2D eigenvalue weighted by Crippen LogP contribution is -2.40. The maximum absolute atomic E-state index is 12.7. The zero-order valence-electron chi connectivity index (χ0n) is 16.9. The number of anilines is 2. The number of likely N-dealkylation sites (N-methyl/N-ethyl adjacent to an activating group) is 1. The molecule has 2 aromatic rings. The molecule has 1 atom stereocenters. The van der Waals surface area contributed by atoms with Crippen molar-refractivity contribution in [3.63, 3.8) is 0 Å². The van der Waals surface area contributed by atoms with Gasteiger partial charge in [-0.25, -0.2) is 0 Å². The Morgan fingerprint density at radius 2 is 1.96 bits per heavy atom. The highest BCUT2D eigenvalue weighted by Gasteiger charge is 2.21. The van der Waals surface area contributed by atoms with Gasteiger partial charge in [0.25, 0.3) is 0 Å². The highest BCUT2D eigenvalue weighted by atomic mass is 16.5. The number of carbonyl (C=O) groups excluding carboxylic acids is 1. The van der Waals surface area contributed by atoms with Gasteiger partial charge in [0.05, 0.1) is 26.4 Å². The largest absolute Gasteiger partial charge is 0.497 e. The topological polar surface area (TPSA) is 54.0 Å². The third-order valence-electron chi connectivity index (χ3n) is 5.14. The third-order valence-corrected chi connectivity index (χ3v) is 5.14. The van der Waals surface area contributed by atoms with Crippen LogP contribution in [0.5, 0.6) is 5.75 Å². The summed E-state index contributed by atoms with van der Waals surface area (Å²) in [5.74, 6) is 0.679. The van der Waals surface area contributed by atoms with Crippen LogP contribution in [0, 0.1) is 0 Å². The summed E-state index contributed by atoms with van der Waals surface area (Å²) in [7, 11) is 3.59. The van der Waals surface area contributed by atoms with Crippen LogP contribution in [-0.4, -0.2) is 57.3 Å². The summed E-state index contributed by atoms with van der Waals surface area (Å²) in [4.78, 5) is 17.1. The quantitative estimate of drug-likeness (QED) is 0.797. The summed E-state index contributed by atoms with van der Waals surface area (Å²) in [6.07, 6.45) is 0. The molecule has 6 heteroatoms. The molecule has 0 saturated carbocycles. The fourth-order valence-corrected chi connectivity index (χ4v) is 3.31. The van der Waals surface area contributed by atoms with E-state index in [4.69, 9.17) is 9.47 Å². The number of methoxy groups -OCH3 is 1. The van der Waals surface area contributed by atoms with Crippen molar-refractivity contribution < 1.29 is 14.3 Å². The molecule has 1 N–H and O–H groups in total. The van der Waals surface area contributed by atoms with Gasteiger partial charge in [-0.1, -0.05) is 24.3 Å². The van der Waals surface area contributed by atoms with Gasteiger partial charge in [0.2, 0.25) is 5.91 Å². The Labute approximate surface area is 167 Å². The Balaban J connectivity index is 1.65. The monoisotopic (exact) mass is 383 g/mol. The Morgan fingerprint density at radius 1 is 1.21 bits per heavy atom. The maximum atomic E-state index is 12.7. The Bertz CT molecular complexity index is 790. The number of hydrogen-bond donors (Lipinski definition) is 1. The van der Waals surface area contributed by atoms with E-state index in [2.05, 4.69) is 33.3 Å². The van der Waals surface area contributed by atoms with Gasteiger partial charge in [0.15, 0.2) is 0 Å². The van der Waals surface area contributed by atoms with Crippen LogP contribution in [0.2, 0.25) is 0 Å². The fourth-order valence-electron chi connectivity index (χ4n) is 3.31. The number of ether oxygens (including phenoxy) is 2. The SMILES string of the molecule is COc1cccc(NC(=O)C(C)N(C)Cc2ccccc2N2CCOCC2)c1.